The Kier molecular flexibility index (Phi) is 1.19. The third kappa shape index (κ3) is 1.09. The standard InChI is InChI=1S/C9H9FO/c10-9(5-6-9)7-1-3-8(11)4-2-7/h1-4,11H,5-6H2. The molecule has 58 valence electrons. The van der Waals surface area contributed by atoms with Crippen molar-refractivity contribution in [1.29, 1.82) is 0 Å². The Labute approximate surface area is 64.5 Å². The van der Waals surface area contributed by atoms with E-state index in [9.17, 15) is 4.39 Å². The molecule has 1 saturated carbocycles. The first-order chi connectivity index (χ1) is 5.21. The topological polar surface area (TPSA) is 20.2 Å². The Morgan fingerprint density at radius 1 is 1.18 bits per heavy atom. The van der Waals surface area contributed by atoms with Gasteiger partial charge in [-0.05, 0) is 30.5 Å². The highest BCUT2D eigenvalue weighted by Gasteiger charge is 2.44. The van der Waals surface area contributed by atoms with Crippen molar-refractivity contribution in [3.63, 3.8) is 0 Å². The number of hydrogen-bond donors (Lipinski definition) is 1. The van der Waals surface area contributed by atoms with Crippen molar-refractivity contribution in [2.45, 2.75) is 18.5 Å². The summed E-state index contributed by atoms with van der Waals surface area (Å²) in [6.07, 6.45) is 1.25. The third-order valence-electron chi connectivity index (χ3n) is 2.07. The molecule has 1 N–H and O–H groups in total. The van der Waals surface area contributed by atoms with E-state index in [0.717, 1.165) is 0 Å². The average Bonchev–Trinajstić information content (AvgIpc) is 2.70. The van der Waals surface area contributed by atoms with Crippen LogP contribution < -0.4 is 0 Å². The number of phenolic OH excluding ortho intramolecular Hbond substituents is 1. The minimum atomic E-state index is -1.08. The monoisotopic (exact) mass is 152 g/mol. The number of rotatable bonds is 1. The zero-order chi connectivity index (χ0) is 7.90. The van der Waals surface area contributed by atoms with Gasteiger partial charge in [-0.2, -0.15) is 0 Å². The lowest BCUT2D eigenvalue weighted by Crippen LogP contribution is -1.95. The van der Waals surface area contributed by atoms with E-state index in [4.69, 9.17) is 5.11 Å². The van der Waals surface area contributed by atoms with Crippen molar-refractivity contribution in [1.82, 2.24) is 0 Å². The van der Waals surface area contributed by atoms with Crippen molar-refractivity contribution >= 4 is 0 Å². The van der Waals surface area contributed by atoms with E-state index >= 15 is 0 Å². The minimum absolute atomic E-state index is 0.193. The molecule has 0 aliphatic heterocycles. The molecule has 0 saturated heterocycles. The first-order valence-corrected chi connectivity index (χ1v) is 3.69. The highest BCUT2D eigenvalue weighted by atomic mass is 19.1. The van der Waals surface area contributed by atoms with Crippen LogP contribution in [0.2, 0.25) is 0 Å². The third-order valence-corrected chi connectivity index (χ3v) is 2.07. The van der Waals surface area contributed by atoms with Gasteiger partial charge in [0, 0.05) is 0 Å². The Morgan fingerprint density at radius 3 is 2.18 bits per heavy atom. The van der Waals surface area contributed by atoms with E-state index in [1.807, 2.05) is 0 Å². The molecule has 0 spiro atoms. The molecule has 0 radical (unpaired) electrons. The molecular weight excluding hydrogens is 143 g/mol. The molecule has 0 amide bonds. The van der Waals surface area contributed by atoms with Crippen LogP contribution in [-0.2, 0) is 5.67 Å². The molecule has 0 heterocycles. The molecule has 0 unspecified atom stereocenters. The number of alkyl halides is 1. The second-order valence-corrected chi connectivity index (χ2v) is 3.01. The van der Waals surface area contributed by atoms with Crippen LogP contribution in [0.4, 0.5) is 4.39 Å². The normalized spacial score (nSPS) is 19.7. The number of benzene rings is 1. The van der Waals surface area contributed by atoms with Gasteiger partial charge in [0.1, 0.15) is 11.4 Å². The van der Waals surface area contributed by atoms with Crippen molar-refractivity contribution < 1.29 is 9.50 Å². The maximum atomic E-state index is 13.3. The summed E-state index contributed by atoms with van der Waals surface area (Å²) in [6.45, 7) is 0. The van der Waals surface area contributed by atoms with E-state index in [1.54, 1.807) is 12.1 Å². The van der Waals surface area contributed by atoms with Crippen LogP contribution in [-0.4, -0.2) is 5.11 Å². The zero-order valence-corrected chi connectivity index (χ0v) is 6.05. The smallest absolute Gasteiger partial charge is 0.136 e. The second kappa shape index (κ2) is 1.97. The van der Waals surface area contributed by atoms with E-state index in [-0.39, 0.29) is 5.75 Å². The van der Waals surface area contributed by atoms with Crippen LogP contribution in [0.1, 0.15) is 18.4 Å². The van der Waals surface area contributed by atoms with Crippen LogP contribution >= 0.6 is 0 Å². The van der Waals surface area contributed by atoms with Gasteiger partial charge in [-0.1, -0.05) is 12.1 Å². The molecule has 0 aromatic heterocycles. The summed E-state index contributed by atoms with van der Waals surface area (Å²) in [5.41, 5.74) is -0.386. The van der Waals surface area contributed by atoms with Crippen LogP contribution in [0, 0.1) is 0 Å². The highest BCUT2D eigenvalue weighted by molar-refractivity contribution is 5.32. The van der Waals surface area contributed by atoms with Crippen LogP contribution in [0.25, 0.3) is 0 Å². The summed E-state index contributed by atoms with van der Waals surface area (Å²) in [6, 6.07) is 6.33. The fraction of sp³-hybridized carbons (Fsp3) is 0.333. The number of aromatic hydroxyl groups is 1. The molecule has 11 heavy (non-hydrogen) atoms. The summed E-state index contributed by atoms with van der Waals surface area (Å²) in [5, 5.41) is 8.92. The van der Waals surface area contributed by atoms with Gasteiger partial charge in [-0.3, -0.25) is 0 Å². The Bertz CT molecular complexity index is 261. The van der Waals surface area contributed by atoms with E-state index in [2.05, 4.69) is 0 Å². The second-order valence-electron chi connectivity index (χ2n) is 3.01. The molecule has 2 rings (SSSR count). The molecule has 1 aliphatic rings. The summed E-state index contributed by atoms with van der Waals surface area (Å²) in [4.78, 5) is 0. The minimum Gasteiger partial charge on any atom is -0.508 e. The molecule has 1 fully saturated rings. The van der Waals surface area contributed by atoms with Crippen molar-refractivity contribution in [2.24, 2.45) is 0 Å². The highest BCUT2D eigenvalue weighted by Crippen LogP contribution is 2.49. The fourth-order valence-electron chi connectivity index (χ4n) is 1.16. The van der Waals surface area contributed by atoms with Gasteiger partial charge in [-0.15, -0.1) is 0 Å². The molecule has 2 heteroatoms. The molecule has 0 bridgehead atoms. The lowest BCUT2D eigenvalue weighted by molar-refractivity contribution is 0.317. The lowest BCUT2D eigenvalue weighted by atomic mass is 10.1. The van der Waals surface area contributed by atoms with E-state index in [1.165, 1.54) is 12.1 Å². The Balaban J connectivity index is 2.33. The van der Waals surface area contributed by atoms with Gasteiger partial charge < -0.3 is 5.11 Å². The number of halogens is 1. The number of phenols is 1. The van der Waals surface area contributed by atoms with Crippen LogP contribution in [0.3, 0.4) is 0 Å². The largest absolute Gasteiger partial charge is 0.508 e. The van der Waals surface area contributed by atoms with Crippen LogP contribution in [0.5, 0.6) is 5.75 Å². The Morgan fingerprint density at radius 2 is 1.73 bits per heavy atom. The summed E-state index contributed by atoms with van der Waals surface area (Å²) >= 11 is 0. The predicted octanol–water partition coefficient (Wildman–Crippen LogP) is 2.35. The van der Waals surface area contributed by atoms with Gasteiger partial charge in [-0.25, -0.2) is 4.39 Å². The molecular formula is C9H9FO. The maximum Gasteiger partial charge on any atom is 0.136 e. The first kappa shape index (κ1) is 6.65. The predicted molar refractivity (Wildman–Crippen MR) is 40.1 cm³/mol. The summed E-state index contributed by atoms with van der Waals surface area (Å²) < 4.78 is 13.3. The SMILES string of the molecule is Oc1ccc(C2(F)CC2)cc1. The van der Waals surface area contributed by atoms with Crippen molar-refractivity contribution in [3.05, 3.63) is 29.8 Å². The molecule has 1 aliphatic carbocycles. The molecule has 1 aromatic carbocycles. The Hall–Kier alpha value is -1.05. The average molecular weight is 152 g/mol. The van der Waals surface area contributed by atoms with E-state index < -0.39 is 5.67 Å². The first-order valence-electron chi connectivity index (χ1n) is 3.69. The van der Waals surface area contributed by atoms with Crippen LogP contribution in [0.15, 0.2) is 24.3 Å². The zero-order valence-electron chi connectivity index (χ0n) is 6.05. The molecule has 0 atom stereocenters. The maximum absolute atomic E-state index is 13.3. The lowest BCUT2D eigenvalue weighted by Gasteiger charge is -2.03. The number of hydrogen-bond acceptors (Lipinski definition) is 1. The van der Waals surface area contributed by atoms with Gasteiger partial charge in [0.05, 0.1) is 0 Å². The van der Waals surface area contributed by atoms with Gasteiger partial charge in [0.25, 0.3) is 0 Å². The van der Waals surface area contributed by atoms with Gasteiger partial charge in [0.15, 0.2) is 0 Å². The van der Waals surface area contributed by atoms with Crippen molar-refractivity contribution in [2.75, 3.05) is 0 Å². The molecule has 1 aromatic rings. The quantitative estimate of drug-likeness (QED) is 0.654. The van der Waals surface area contributed by atoms with E-state index in [0.29, 0.717) is 18.4 Å². The van der Waals surface area contributed by atoms with Gasteiger partial charge >= 0.3 is 0 Å². The summed E-state index contributed by atoms with van der Waals surface area (Å²) in [7, 11) is 0. The summed E-state index contributed by atoms with van der Waals surface area (Å²) in [5.74, 6) is 0.193. The van der Waals surface area contributed by atoms with Gasteiger partial charge in [0.2, 0.25) is 0 Å². The molecule has 1 nitrogen and oxygen atoms in total. The fourth-order valence-corrected chi connectivity index (χ4v) is 1.16. The van der Waals surface area contributed by atoms with Crippen molar-refractivity contribution in [3.8, 4) is 5.75 Å².